The van der Waals surface area contributed by atoms with E-state index in [2.05, 4.69) is 212 Å². The van der Waals surface area contributed by atoms with Crippen LogP contribution in [-0.4, -0.2) is 7.05 Å². The van der Waals surface area contributed by atoms with Crippen molar-refractivity contribution >= 4 is 77.5 Å². The Morgan fingerprint density at radius 1 is 0.723 bits per heavy atom. The summed E-state index contributed by atoms with van der Waals surface area (Å²) in [5.41, 5.74) is 18.5. The molecule has 1 saturated carbocycles. The minimum Gasteiger partial charge on any atom is -0.344 e. The van der Waals surface area contributed by atoms with E-state index in [1.165, 1.54) is 130 Å². The normalized spacial score (nSPS) is 19.9. The van der Waals surface area contributed by atoms with E-state index < -0.39 is 0 Å². The van der Waals surface area contributed by atoms with Crippen LogP contribution in [0.3, 0.4) is 0 Å². The van der Waals surface area contributed by atoms with E-state index >= 15 is 0 Å². The maximum atomic E-state index is 2.46. The second-order valence-corrected chi connectivity index (χ2v) is 19.4. The van der Waals surface area contributed by atoms with Crippen LogP contribution in [0.5, 0.6) is 0 Å². The number of allylic oxidation sites excluding steroid dienone is 12. The first-order valence-corrected chi connectivity index (χ1v) is 23.8. The number of hydrogen-bond acceptors (Lipinski definition) is 2. The summed E-state index contributed by atoms with van der Waals surface area (Å²) in [4.78, 5) is 4.87. The van der Waals surface area contributed by atoms with Gasteiger partial charge in [0, 0.05) is 35.2 Å². The summed E-state index contributed by atoms with van der Waals surface area (Å²) in [5.74, 6) is 0.689. The third-order valence-electron chi connectivity index (χ3n) is 15.5. The Labute approximate surface area is 382 Å². The number of benzene rings is 8. The third-order valence-corrected chi connectivity index (χ3v) is 15.5. The Hall–Kier alpha value is -7.16. The summed E-state index contributed by atoms with van der Waals surface area (Å²) in [7, 11) is 2.23. The fourth-order valence-electron chi connectivity index (χ4n) is 12.0. The van der Waals surface area contributed by atoms with E-state index in [1.54, 1.807) is 5.57 Å². The van der Waals surface area contributed by atoms with E-state index in [9.17, 15) is 0 Å². The molecular weight excluding hydrogens is 785 g/mol. The molecule has 0 aromatic heterocycles. The molecule has 8 aromatic rings. The second kappa shape index (κ2) is 15.0. The lowest BCUT2D eigenvalue weighted by Gasteiger charge is -2.35. The summed E-state index contributed by atoms with van der Waals surface area (Å²) in [6.45, 7) is 2.41. The molecule has 2 heteroatoms. The number of para-hydroxylation sites is 1. The summed E-state index contributed by atoms with van der Waals surface area (Å²) >= 11 is 0. The molecule has 314 valence electrons. The van der Waals surface area contributed by atoms with E-state index in [0.29, 0.717) is 11.3 Å². The van der Waals surface area contributed by atoms with Crippen molar-refractivity contribution < 1.29 is 0 Å². The van der Waals surface area contributed by atoms with Crippen molar-refractivity contribution in [2.45, 2.75) is 51.9 Å². The molecule has 6 aliphatic rings. The molecule has 2 atom stereocenters. The SMILES string of the molecule is C1=CCCC(/C=C/Cc2ccc3c4c5c(ccc24)C=CCC5=CC3)=C1.CN1C2=C(Cc3cc(N(c4ccccc4)c4ccc5ccc6cccc7ccc4c5c67)ccc31)C1CC1(C)C=C2. The molecular formula is C63H52N2. The number of nitrogens with zero attached hydrogens (tertiary/aromatic N) is 2. The smallest absolute Gasteiger partial charge is 0.0540 e. The van der Waals surface area contributed by atoms with Gasteiger partial charge in [0.1, 0.15) is 0 Å². The van der Waals surface area contributed by atoms with Gasteiger partial charge in [-0.05, 0) is 181 Å². The number of likely N-dealkylation sites (N-methyl/N-ethyl adjacent to an activating group) is 1. The average Bonchev–Trinajstić information content (AvgIpc) is 4.06. The molecule has 0 N–H and O–H groups in total. The molecule has 5 aliphatic carbocycles. The highest BCUT2D eigenvalue weighted by atomic mass is 15.2. The molecule has 65 heavy (non-hydrogen) atoms. The summed E-state index contributed by atoms with van der Waals surface area (Å²) < 4.78 is 0. The van der Waals surface area contributed by atoms with Gasteiger partial charge < -0.3 is 9.80 Å². The highest BCUT2D eigenvalue weighted by Gasteiger charge is 2.53. The number of anilines is 4. The van der Waals surface area contributed by atoms with Crippen molar-refractivity contribution in [3.63, 3.8) is 0 Å². The van der Waals surface area contributed by atoms with Crippen LogP contribution in [0.25, 0.3) is 54.7 Å². The highest BCUT2D eigenvalue weighted by molar-refractivity contribution is 6.25. The van der Waals surface area contributed by atoms with Gasteiger partial charge in [-0.15, -0.1) is 0 Å². The van der Waals surface area contributed by atoms with Crippen molar-refractivity contribution in [2.24, 2.45) is 11.3 Å². The summed E-state index contributed by atoms with van der Waals surface area (Å²) in [6, 6.07) is 47.6. The van der Waals surface area contributed by atoms with E-state index in [-0.39, 0.29) is 0 Å². The summed E-state index contributed by atoms with van der Waals surface area (Å²) in [6.07, 6.45) is 30.9. The Balaban J connectivity index is 0.000000145. The number of rotatable bonds is 6. The van der Waals surface area contributed by atoms with Crippen LogP contribution in [0, 0.1) is 11.3 Å². The molecule has 1 heterocycles. The first kappa shape index (κ1) is 38.3. The average molecular weight is 837 g/mol. The lowest BCUT2D eigenvalue weighted by Crippen LogP contribution is -2.26. The molecule has 1 aliphatic heterocycles. The van der Waals surface area contributed by atoms with Crippen molar-refractivity contribution in [1.29, 1.82) is 0 Å². The van der Waals surface area contributed by atoms with Gasteiger partial charge in [0.25, 0.3) is 0 Å². The lowest BCUT2D eigenvalue weighted by atomic mass is 9.80. The molecule has 0 saturated heterocycles. The minimum atomic E-state index is 0.368. The Morgan fingerprint density at radius 3 is 2.42 bits per heavy atom. The largest absolute Gasteiger partial charge is 0.344 e. The maximum Gasteiger partial charge on any atom is 0.0540 e. The first-order chi connectivity index (χ1) is 32.0. The van der Waals surface area contributed by atoms with Crippen LogP contribution < -0.4 is 9.80 Å². The fraction of sp³-hybridized carbons (Fsp3) is 0.175. The minimum absolute atomic E-state index is 0.368. The van der Waals surface area contributed by atoms with Crippen LogP contribution in [0.1, 0.15) is 60.4 Å². The predicted molar refractivity (Wildman–Crippen MR) is 278 cm³/mol. The molecule has 1 fully saturated rings. The van der Waals surface area contributed by atoms with Gasteiger partial charge >= 0.3 is 0 Å². The van der Waals surface area contributed by atoms with Crippen molar-refractivity contribution in [2.75, 3.05) is 16.8 Å². The highest BCUT2D eigenvalue weighted by Crippen LogP contribution is 2.62. The van der Waals surface area contributed by atoms with Gasteiger partial charge in [-0.3, -0.25) is 0 Å². The zero-order chi connectivity index (χ0) is 43.2. The van der Waals surface area contributed by atoms with Gasteiger partial charge in [-0.25, -0.2) is 0 Å². The summed E-state index contributed by atoms with van der Waals surface area (Å²) in [5, 5.41) is 10.8. The molecule has 0 bridgehead atoms. The molecule has 0 amide bonds. The monoisotopic (exact) mass is 836 g/mol. The Morgan fingerprint density at radius 2 is 1.55 bits per heavy atom. The first-order valence-electron chi connectivity index (χ1n) is 23.8. The van der Waals surface area contributed by atoms with Crippen LogP contribution >= 0.6 is 0 Å². The van der Waals surface area contributed by atoms with E-state index in [0.717, 1.165) is 25.7 Å². The Bertz CT molecular complexity index is 3480. The van der Waals surface area contributed by atoms with Crippen molar-refractivity contribution in [3.05, 3.63) is 227 Å². The van der Waals surface area contributed by atoms with E-state index in [4.69, 9.17) is 0 Å². The molecule has 2 nitrogen and oxygen atoms in total. The van der Waals surface area contributed by atoms with Crippen LogP contribution in [0.2, 0.25) is 0 Å². The Kier molecular flexibility index (Phi) is 8.82. The quantitative estimate of drug-likeness (QED) is 0.154. The molecule has 14 rings (SSSR count). The topological polar surface area (TPSA) is 6.48 Å². The predicted octanol–water partition coefficient (Wildman–Crippen LogP) is 16.5. The fourth-order valence-corrected chi connectivity index (χ4v) is 12.0. The van der Waals surface area contributed by atoms with Gasteiger partial charge in [0.2, 0.25) is 0 Å². The zero-order valence-electron chi connectivity index (χ0n) is 37.3. The zero-order valence-corrected chi connectivity index (χ0v) is 37.3. The van der Waals surface area contributed by atoms with Gasteiger partial charge in [0.15, 0.2) is 0 Å². The maximum absolute atomic E-state index is 2.46. The van der Waals surface area contributed by atoms with Crippen LogP contribution in [-0.2, 0) is 19.3 Å². The van der Waals surface area contributed by atoms with Gasteiger partial charge in [0.05, 0.1) is 5.69 Å². The van der Waals surface area contributed by atoms with Gasteiger partial charge in [-0.2, -0.15) is 0 Å². The molecule has 2 unspecified atom stereocenters. The third kappa shape index (κ3) is 6.29. The van der Waals surface area contributed by atoms with E-state index in [1.807, 2.05) is 0 Å². The van der Waals surface area contributed by atoms with Crippen molar-refractivity contribution in [1.82, 2.24) is 0 Å². The van der Waals surface area contributed by atoms with Crippen molar-refractivity contribution in [3.8, 4) is 0 Å². The molecule has 8 aromatic carbocycles. The van der Waals surface area contributed by atoms with Gasteiger partial charge in [-0.1, -0.05) is 153 Å². The van der Waals surface area contributed by atoms with Crippen LogP contribution in [0.4, 0.5) is 22.7 Å². The number of hydrogen-bond donors (Lipinski definition) is 0. The van der Waals surface area contributed by atoms with Crippen LogP contribution in [0.15, 0.2) is 199 Å². The molecule has 0 radical (unpaired) electrons. The standard InChI is InChI=1S/C38H30N2.C25H22/c1-38-20-19-34-31(32(38)23-38)22-27-21-29(15-18-33(27)39(34)2)40(28-9-4-3-5-10-28)35-17-14-26-12-11-24-7-6-8-25-13-16-30(35)37(26)36(24)25;1-2-6-18(7-3-1)8-4-9-19-12-13-22-15-14-20-10-5-11-21-16-17-23(19)25(22)24(20)21/h3-21,32H,22-23H2,1-2H3;1-2,4-6,8,11-14,16-17H,3,7,9-10,15H2/b;8-4+. The second-order valence-electron chi connectivity index (χ2n) is 19.4. The number of fused-ring (bicyclic) bond motifs is 3. The molecule has 0 spiro atoms. The lowest BCUT2D eigenvalue weighted by molar-refractivity contribution is 0.647.